The van der Waals surface area contributed by atoms with E-state index in [-0.39, 0.29) is 5.41 Å². The summed E-state index contributed by atoms with van der Waals surface area (Å²) in [5.74, 6) is 1.14. The van der Waals surface area contributed by atoms with Crippen LogP contribution >= 0.6 is 0 Å². The molecule has 0 bridgehead atoms. The van der Waals surface area contributed by atoms with Crippen LogP contribution in [0.15, 0.2) is 12.3 Å². The van der Waals surface area contributed by atoms with Crippen molar-refractivity contribution < 1.29 is 0 Å². The molecule has 2 aromatic rings. The lowest BCUT2D eigenvalue weighted by molar-refractivity contribution is 0.273. The maximum Gasteiger partial charge on any atom is 0.177 e. The zero-order chi connectivity index (χ0) is 13.3. The Morgan fingerprint density at radius 2 is 2.11 bits per heavy atom. The van der Waals surface area contributed by atoms with Crippen molar-refractivity contribution in [2.75, 3.05) is 13.1 Å². The van der Waals surface area contributed by atoms with Crippen molar-refractivity contribution in [3.63, 3.8) is 0 Å². The quantitative estimate of drug-likeness (QED) is 0.890. The van der Waals surface area contributed by atoms with Crippen molar-refractivity contribution in [1.29, 1.82) is 0 Å². The van der Waals surface area contributed by atoms with Crippen molar-refractivity contribution in [3.8, 4) is 0 Å². The molecule has 1 aliphatic rings. The number of hydrogen-bond donors (Lipinski definition) is 2. The van der Waals surface area contributed by atoms with Crippen LogP contribution in [0.5, 0.6) is 0 Å². The van der Waals surface area contributed by atoms with E-state index in [1.807, 2.05) is 6.20 Å². The van der Waals surface area contributed by atoms with Gasteiger partial charge in [0.2, 0.25) is 0 Å². The van der Waals surface area contributed by atoms with Gasteiger partial charge in [-0.25, -0.2) is 9.97 Å². The van der Waals surface area contributed by atoms with Crippen LogP contribution in [0.4, 0.5) is 0 Å². The van der Waals surface area contributed by atoms with E-state index in [2.05, 4.69) is 35.2 Å². The van der Waals surface area contributed by atoms with Crippen molar-refractivity contribution in [1.82, 2.24) is 20.3 Å². The standard InChI is InChI=1S/C15H22N4/c1-3-4-15(5-7-16-8-6-15)14-18-12-9-11(2)10-17-13(12)19-14/h9-10,16H,3-8H2,1-2H3,(H,17,18,19). The molecular weight excluding hydrogens is 236 g/mol. The second-order valence-corrected chi connectivity index (χ2v) is 5.75. The summed E-state index contributed by atoms with van der Waals surface area (Å²) in [7, 11) is 0. The number of hydrogen-bond acceptors (Lipinski definition) is 3. The summed E-state index contributed by atoms with van der Waals surface area (Å²) in [6.45, 7) is 6.50. The van der Waals surface area contributed by atoms with Crippen LogP contribution in [0.1, 0.15) is 44.0 Å². The smallest absolute Gasteiger partial charge is 0.177 e. The molecule has 0 unspecified atom stereocenters. The topological polar surface area (TPSA) is 53.6 Å². The molecule has 0 spiro atoms. The van der Waals surface area contributed by atoms with Gasteiger partial charge in [-0.05, 0) is 50.9 Å². The van der Waals surface area contributed by atoms with Gasteiger partial charge in [-0.15, -0.1) is 0 Å². The number of imidazole rings is 1. The van der Waals surface area contributed by atoms with E-state index in [4.69, 9.17) is 4.98 Å². The number of H-pyrrole nitrogens is 1. The van der Waals surface area contributed by atoms with Crippen LogP contribution in [0.2, 0.25) is 0 Å². The van der Waals surface area contributed by atoms with E-state index in [0.717, 1.165) is 30.1 Å². The van der Waals surface area contributed by atoms with Gasteiger partial charge in [0, 0.05) is 11.6 Å². The summed E-state index contributed by atoms with van der Waals surface area (Å²) in [4.78, 5) is 12.7. The Morgan fingerprint density at radius 1 is 1.32 bits per heavy atom. The van der Waals surface area contributed by atoms with E-state index >= 15 is 0 Å². The minimum absolute atomic E-state index is 0.217. The number of aromatic amines is 1. The molecule has 0 radical (unpaired) electrons. The Bertz CT molecular complexity index is 561. The first-order chi connectivity index (χ1) is 9.23. The Morgan fingerprint density at radius 3 is 2.84 bits per heavy atom. The summed E-state index contributed by atoms with van der Waals surface area (Å²) in [5.41, 5.74) is 3.32. The number of nitrogens with zero attached hydrogens (tertiary/aromatic N) is 2. The Labute approximate surface area is 114 Å². The highest BCUT2D eigenvalue weighted by Crippen LogP contribution is 2.36. The Kier molecular flexibility index (Phi) is 3.27. The Balaban J connectivity index is 2.04. The van der Waals surface area contributed by atoms with E-state index in [0.29, 0.717) is 0 Å². The minimum Gasteiger partial charge on any atom is -0.340 e. The summed E-state index contributed by atoms with van der Waals surface area (Å²) < 4.78 is 0. The Hall–Kier alpha value is -1.42. The van der Waals surface area contributed by atoms with E-state index in [1.54, 1.807) is 0 Å². The molecule has 1 saturated heterocycles. The highest BCUT2D eigenvalue weighted by atomic mass is 15.0. The predicted octanol–water partition coefficient (Wildman–Crippen LogP) is 2.69. The molecule has 4 heteroatoms. The molecule has 3 heterocycles. The van der Waals surface area contributed by atoms with Gasteiger partial charge in [0.05, 0.1) is 5.52 Å². The van der Waals surface area contributed by atoms with Crippen LogP contribution < -0.4 is 5.32 Å². The molecule has 1 fully saturated rings. The number of aromatic nitrogens is 3. The molecule has 2 aromatic heterocycles. The molecule has 0 amide bonds. The zero-order valence-corrected chi connectivity index (χ0v) is 11.8. The lowest BCUT2D eigenvalue weighted by Crippen LogP contribution is -2.40. The highest BCUT2D eigenvalue weighted by molar-refractivity contribution is 5.71. The van der Waals surface area contributed by atoms with Gasteiger partial charge in [0.1, 0.15) is 5.82 Å². The van der Waals surface area contributed by atoms with Crippen LogP contribution in [0.25, 0.3) is 11.2 Å². The maximum absolute atomic E-state index is 4.77. The summed E-state index contributed by atoms with van der Waals surface area (Å²) >= 11 is 0. The molecular formula is C15H22N4. The van der Waals surface area contributed by atoms with Crippen LogP contribution in [0.3, 0.4) is 0 Å². The van der Waals surface area contributed by atoms with E-state index in [9.17, 15) is 0 Å². The van der Waals surface area contributed by atoms with Crippen molar-refractivity contribution in [3.05, 3.63) is 23.7 Å². The third-order valence-corrected chi connectivity index (χ3v) is 4.27. The van der Waals surface area contributed by atoms with Crippen molar-refractivity contribution in [2.24, 2.45) is 0 Å². The normalized spacial score (nSPS) is 18.8. The fourth-order valence-corrected chi connectivity index (χ4v) is 3.24. The summed E-state index contributed by atoms with van der Waals surface area (Å²) in [6, 6.07) is 2.14. The first-order valence-electron chi connectivity index (χ1n) is 7.27. The SMILES string of the molecule is CCCC1(c2nc3ncc(C)cc3[nH]2)CCNCC1. The van der Waals surface area contributed by atoms with Gasteiger partial charge < -0.3 is 10.3 Å². The largest absolute Gasteiger partial charge is 0.340 e. The summed E-state index contributed by atoms with van der Waals surface area (Å²) in [5, 5.41) is 3.45. The van der Waals surface area contributed by atoms with Gasteiger partial charge in [-0.1, -0.05) is 13.3 Å². The molecule has 1 aliphatic heterocycles. The zero-order valence-electron chi connectivity index (χ0n) is 11.8. The number of rotatable bonds is 3. The fraction of sp³-hybridized carbons (Fsp3) is 0.600. The molecule has 3 rings (SSSR count). The van der Waals surface area contributed by atoms with Crippen LogP contribution in [-0.4, -0.2) is 28.0 Å². The number of pyridine rings is 1. The first-order valence-corrected chi connectivity index (χ1v) is 7.27. The number of aryl methyl sites for hydroxylation is 1. The molecule has 0 aromatic carbocycles. The third kappa shape index (κ3) is 2.25. The molecule has 0 atom stereocenters. The fourth-order valence-electron chi connectivity index (χ4n) is 3.24. The maximum atomic E-state index is 4.77. The van der Waals surface area contributed by atoms with Gasteiger partial charge in [0.15, 0.2) is 5.65 Å². The van der Waals surface area contributed by atoms with Gasteiger partial charge in [-0.3, -0.25) is 0 Å². The second-order valence-electron chi connectivity index (χ2n) is 5.75. The molecule has 0 saturated carbocycles. The molecule has 0 aliphatic carbocycles. The third-order valence-electron chi connectivity index (χ3n) is 4.27. The van der Waals surface area contributed by atoms with Crippen LogP contribution in [-0.2, 0) is 5.41 Å². The molecule has 102 valence electrons. The van der Waals surface area contributed by atoms with Gasteiger partial charge in [0.25, 0.3) is 0 Å². The van der Waals surface area contributed by atoms with Crippen LogP contribution in [0, 0.1) is 6.92 Å². The predicted molar refractivity (Wildman–Crippen MR) is 77.3 cm³/mol. The molecule has 4 nitrogen and oxygen atoms in total. The lowest BCUT2D eigenvalue weighted by Gasteiger charge is -2.35. The van der Waals surface area contributed by atoms with Gasteiger partial charge in [-0.2, -0.15) is 0 Å². The average Bonchev–Trinajstić information content (AvgIpc) is 2.83. The minimum atomic E-state index is 0.217. The van der Waals surface area contributed by atoms with Crippen molar-refractivity contribution in [2.45, 2.75) is 44.9 Å². The van der Waals surface area contributed by atoms with E-state index in [1.165, 1.54) is 31.2 Å². The lowest BCUT2D eigenvalue weighted by atomic mass is 9.75. The van der Waals surface area contributed by atoms with Gasteiger partial charge >= 0.3 is 0 Å². The monoisotopic (exact) mass is 258 g/mol. The second kappa shape index (κ2) is 4.93. The number of fused-ring (bicyclic) bond motifs is 1. The average molecular weight is 258 g/mol. The molecule has 2 N–H and O–H groups in total. The summed E-state index contributed by atoms with van der Waals surface area (Å²) in [6.07, 6.45) is 6.62. The van der Waals surface area contributed by atoms with E-state index < -0.39 is 0 Å². The number of piperidine rings is 1. The van der Waals surface area contributed by atoms with Crippen molar-refractivity contribution >= 4 is 11.2 Å². The highest BCUT2D eigenvalue weighted by Gasteiger charge is 2.35. The molecule has 19 heavy (non-hydrogen) atoms. The first kappa shape index (κ1) is 12.6. The number of nitrogens with one attached hydrogen (secondary N) is 2.